The van der Waals surface area contributed by atoms with Gasteiger partial charge in [0, 0.05) is 19.0 Å². The molecule has 1 aliphatic heterocycles. The zero-order valence-electron chi connectivity index (χ0n) is 9.85. The second-order valence-corrected chi connectivity index (χ2v) is 4.62. The first kappa shape index (κ1) is 13.0. The van der Waals surface area contributed by atoms with Crippen LogP contribution in [-0.4, -0.2) is 41.0 Å². The van der Waals surface area contributed by atoms with Crippen molar-refractivity contribution < 1.29 is 14.7 Å². The molecule has 0 saturated carbocycles. The molecule has 1 amide bonds. The van der Waals surface area contributed by atoms with Gasteiger partial charge in [-0.2, -0.15) is 0 Å². The Kier molecular flexibility index (Phi) is 4.29. The minimum Gasteiger partial charge on any atom is -0.481 e. The molecule has 0 spiro atoms. The number of aliphatic carboxylic acids is 1. The summed E-state index contributed by atoms with van der Waals surface area (Å²) in [5, 5.41) is 8.58. The molecule has 5 heteroatoms. The molecular formula is C11H20N2O3. The number of carbonyl (C=O) groups excluding carboxylic acids is 1. The van der Waals surface area contributed by atoms with Gasteiger partial charge in [0.15, 0.2) is 0 Å². The van der Waals surface area contributed by atoms with E-state index in [9.17, 15) is 9.59 Å². The summed E-state index contributed by atoms with van der Waals surface area (Å²) in [6, 6.07) is -0.448. The Morgan fingerprint density at radius 1 is 1.50 bits per heavy atom. The van der Waals surface area contributed by atoms with Crippen LogP contribution in [-0.2, 0) is 9.59 Å². The van der Waals surface area contributed by atoms with Crippen LogP contribution in [0.5, 0.6) is 0 Å². The second kappa shape index (κ2) is 5.30. The molecule has 0 aromatic heterocycles. The quantitative estimate of drug-likeness (QED) is 0.708. The third-order valence-electron chi connectivity index (χ3n) is 3.27. The van der Waals surface area contributed by atoms with Crippen molar-refractivity contribution in [2.45, 2.75) is 32.7 Å². The summed E-state index contributed by atoms with van der Waals surface area (Å²) < 4.78 is 0. The molecule has 0 aliphatic carbocycles. The summed E-state index contributed by atoms with van der Waals surface area (Å²) >= 11 is 0. The lowest BCUT2D eigenvalue weighted by Gasteiger charge is -2.40. The van der Waals surface area contributed by atoms with Crippen LogP contribution in [0, 0.1) is 11.8 Å². The summed E-state index contributed by atoms with van der Waals surface area (Å²) in [7, 11) is 0. The van der Waals surface area contributed by atoms with Crippen molar-refractivity contribution >= 4 is 11.9 Å². The average molecular weight is 228 g/mol. The van der Waals surface area contributed by atoms with Gasteiger partial charge in [-0.3, -0.25) is 9.59 Å². The van der Waals surface area contributed by atoms with Crippen molar-refractivity contribution in [1.82, 2.24) is 4.90 Å². The average Bonchev–Trinajstić information content (AvgIpc) is 2.19. The van der Waals surface area contributed by atoms with Crippen LogP contribution in [0.15, 0.2) is 0 Å². The van der Waals surface area contributed by atoms with E-state index in [1.807, 2.05) is 13.8 Å². The number of carbonyl (C=O) groups is 2. The van der Waals surface area contributed by atoms with Crippen molar-refractivity contribution in [3.8, 4) is 0 Å². The van der Waals surface area contributed by atoms with E-state index in [1.165, 1.54) is 0 Å². The molecule has 0 aromatic carbocycles. The zero-order chi connectivity index (χ0) is 12.3. The van der Waals surface area contributed by atoms with Gasteiger partial charge >= 0.3 is 5.97 Å². The highest BCUT2D eigenvalue weighted by atomic mass is 16.4. The van der Waals surface area contributed by atoms with Crippen LogP contribution < -0.4 is 5.73 Å². The fraction of sp³-hybridized carbons (Fsp3) is 0.818. The fourth-order valence-electron chi connectivity index (χ4n) is 1.83. The lowest BCUT2D eigenvalue weighted by molar-refractivity contribution is -0.146. The third kappa shape index (κ3) is 2.95. The van der Waals surface area contributed by atoms with Crippen LogP contribution in [0.2, 0.25) is 0 Å². The summed E-state index contributed by atoms with van der Waals surface area (Å²) in [6.07, 6.45) is 1.02. The van der Waals surface area contributed by atoms with Gasteiger partial charge in [-0.25, -0.2) is 0 Å². The van der Waals surface area contributed by atoms with Crippen LogP contribution in [0.1, 0.15) is 26.7 Å². The largest absolute Gasteiger partial charge is 0.481 e. The second-order valence-electron chi connectivity index (χ2n) is 4.62. The molecule has 3 N–H and O–H groups in total. The molecule has 1 aliphatic rings. The summed E-state index contributed by atoms with van der Waals surface area (Å²) in [5.41, 5.74) is 5.82. The van der Waals surface area contributed by atoms with Gasteiger partial charge in [-0.1, -0.05) is 20.3 Å². The van der Waals surface area contributed by atoms with Crippen LogP contribution in [0.3, 0.4) is 0 Å². The Balaban J connectivity index is 2.34. The Bertz CT molecular complexity index is 274. The fourth-order valence-corrected chi connectivity index (χ4v) is 1.83. The van der Waals surface area contributed by atoms with E-state index in [4.69, 9.17) is 10.8 Å². The smallest absolute Gasteiger partial charge is 0.303 e. The van der Waals surface area contributed by atoms with Crippen molar-refractivity contribution in [2.75, 3.05) is 13.1 Å². The molecule has 16 heavy (non-hydrogen) atoms. The van der Waals surface area contributed by atoms with Gasteiger partial charge in [0.05, 0.1) is 12.5 Å². The highest BCUT2D eigenvalue weighted by molar-refractivity contribution is 5.83. The Labute approximate surface area is 95.6 Å². The van der Waals surface area contributed by atoms with Gasteiger partial charge in [0.25, 0.3) is 0 Å². The maximum absolute atomic E-state index is 11.8. The van der Waals surface area contributed by atoms with E-state index < -0.39 is 12.0 Å². The van der Waals surface area contributed by atoms with Crippen molar-refractivity contribution in [3.63, 3.8) is 0 Å². The first-order valence-corrected chi connectivity index (χ1v) is 5.71. The van der Waals surface area contributed by atoms with Crippen molar-refractivity contribution in [3.05, 3.63) is 0 Å². The summed E-state index contributed by atoms with van der Waals surface area (Å²) in [6.45, 7) is 5.03. The number of hydrogen-bond acceptors (Lipinski definition) is 3. The number of amides is 1. The summed E-state index contributed by atoms with van der Waals surface area (Å²) in [4.78, 5) is 23.9. The topological polar surface area (TPSA) is 83.6 Å². The number of likely N-dealkylation sites (tertiary alicyclic amines) is 1. The Morgan fingerprint density at radius 3 is 2.50 bits per heavy atom. The van der Waals surface area contributed by atoms with Gasteiger partial charge in [0.1, 0.15) is 0 Å². The number of nitrogens with zero attached hydrogens (tertiary/aromatic N) is 1. The summed E-state index contributed by atoms with van der Waals surface area (Å²) in [5.74, 6) is -0.573. The number of nitrogens with two attached hydrogens (primary N) is 1. The minimum atomic E-state index is -0.802. The van der Waals surface area contributed by atoms with Gasteiger partial charge in [-0.05, 0) is 5.92 Å². The van der Waals surface area contributed by atoms with Crippen LogP contribution in [0.25, 0.3) is 0 Å². The van der Waals surface area contributed by atoms with E-state index in [-0.39, 0.29) is 24.2 Å². The van der Waals surface area contributed by atoms with E-state index in [0.29, 0.717) is 13.1 Å². The number of carboxylic acids is 1. The number of hydrogen-bond donors (Lipinski definition) is 2. The standard InChI is InChI=1S/C11H20N2O3/c1-3-7(2)10(12)11(16)13-5-8(6-13)4-9(14)15/h7-8,10H,3-6,12H2,1-2H3,(H,14,15)/t7?,10-/m0/s1. The van der Waals surface area contributed by atoms with Crippen molar-refractivity contribution in [2.24, 2.45) is 17.6 Å². The molecule has 0 aromatic rings. The highest BCUT2D eigenvalue weighted by Crippen LogP contribution is 2.21. The van der Waals surface area contributed by atoms with E-state index in [0.717, 1.165) is 6.42 Å². The molecule has 0 bridgehead atoms. The molecule has 5 nitrogen and oxygen atoms in total. The molecule has 1 heterocycles. The minimum absolute atomic E-state index is 0.0454. The molecule has 2 atom stereocenters. The third-order valence-corrected chi connectivity index (χ3v) is 3.27. The molecular weight excluding hydrogens is 208 g/mol. The van der Waals surface area contributed by atoms with E-state index >= 15 is 0 Å². The lowest BCUT2D eigenvalue weighted by atomic mass is 9.92. The zero-order valence-corrected chi connectivity index (χ0v) is 9.85. The molecule has 1 unspecified atom stereocenters. The maximum atomic E-state index is 11.8. The van der Waals surface area contributed by atoms with Crippen molar-refractivity contribution in [1.29, 1.82) is 0 Å². The Hall–Kier alpha value is -1.10. The predicted molar refractivity (Wildman–Crippen MR) is 59.8 cm³/mol. The Morgan fingerprint density at radius 2 is 2.06 bits per heavy atom. The van der Waals surface area contributed by atoms with Gasteiger partial charge < -0.3 is 15.7 Å². The highest BCUT2D eigenvalue weighted by Gasteiger charge is 2.35. The SMILES string of the molecule is CCC(C)[C@H](N)C(=O)N1CC(CC(=O)O)C1. The van der Waals surface area contributed by atoms with Gasteiger partial charge in [-0.15, -0.1) is 0 Å². The van der Waals surface area contributed by atoms with Crippen LogP contribution in [0.4, 0.5) is 0 Å². The van der Waals surface area contributed by atoms with Gasteiger partial charge in [0.2, 0.25) is 5.91 Å². The number of carboxylic acid groups (broad SMARTS) is 1. The first-order valence-electron chi connectivity index (χ1n) is 5.71. The number of rotatable bonds is 5. The molecule has 1 saturated heterocycles. The first-order chi connectivity index (χ1) is 7.45. The maximum Gasteiger partial charge on any atom is 0.303 e. The van der Waals surface area contributed by atoms with E-state index in [1.54, 1.807) is 4.90 Å². The molecule has 0 radical (unpaired) electrons. The van der Waals surface area contributed by atoms with E-state index in [2.05, 4.69) is 0 Å². The molecule has 1 rings (SSSR count). The molecule has 92 valence electrons. The molecule has 1 fully saturated rings. The normalized spacial score (nSPS) is 20.1. The van der Waals surface area contributed by atoms with Crippen LogP contribution >= 0.6 is 0 Å². The lowest BCUT2D eigenvalue weighted by Crippen LogP contribution is -2.56. The monoisotopic (exact) mass is 228 g/mol. The predicted octanol–water partition coefficient (Wildman–Crippen LogP) is 0.293.